The second kappa shape index (κ2) is 9.23. The monoisotopic (exact) mass is 481 g/mol. The standard InChI is InChI=1S/C19H19ClF3NO8/c1-9(32-24(27)28)16(25)29-8-30-17(26)11-5-10-6-13(20)12(18(2,3)4)7-14(10)31-15(11)19(21,22)23/h5-7,9,15H,8H2,1-4H3/t9?,15-/m0/s1. The lowest BCUT2D eigenvalue weighted by atomic mass is 9.85. The van der Waals surface area contributed by atoms with E-state index in [0.717, 1.165) is 13.0 Å². The lowest BCUT2D eigenvalue weighted by Crippen LogP contribution is -2.41. The number of fused-ring (bicyclic) bond motifs is 1. The molecule has 0 aliphatic carbocycles. The van der Waals surface area contributed by atoms with Gasteiger partial charge in [-0.15, -0.1) is 10.1 Å². The minimum Gasteiger partial charge on any atom is -0.475 e. The van der Waals surface area contributed by atoms with Crippen LogP contribution in [-0.4, -0.2) is 42.2 Å². The third-order valence-electron chi connectivity index (χ3n) is 4.25. The smallest absolute Gasteiger partial charge is 0.430 e. The maximum atomic E-state index is 13.6. The molecule has 1 unspecified atom stereocenters. The Hall–Kier alpha value is -3.02. The van der Waals surface area contributed by atoms with E-state index >= 15 is 0 Å². The van der Waals surface area contributed by atoms with E-state index in [9.17, 15) is 32.9 Å². The van der Waals surface area contributed by atoms with Gasteiger partial charge in [-0.05, 0) is 36.1 Å². The summed E-state index contributed by atoms with van der Waals surface area (Å²) >= 11 is 6.24. The van der Waals surface area contributed by atoms with Crippen molar-refractivity contribution in [3.63, 3.8) is 0 Å². The summed E-state index contributed by atoms with van der Waals surface area (Å²) in [5.41, 5.74) is -0.696. The third-order valence-corrected chi connectivity index (χ3v) is 4.56. The predicted octanol–water partition coefficient (Wildman–Crippen LogP) is 3.98. The van der Waals surface area contributed by atoms with Crippen LogP contribution in [0.15, 0.2) is 17.7 Å². The van der Waals surface area contributed by atoms with Crippen molar-refractivity contribution in [2.24, 2.45) is 0 Å². The Morgan fingerprint density at radius 3 is 2.41 bits per heavy atom. The summed E-state index contributed by atoms with van der Waals surface area (Å²) in [6, 6.07) is 2.75. The van der Waals surface area contributed by atoms with E-state index in [4.69, 9.17) is 16.3 Å². The van der Waals surface area contributed by atoms with Crippen LogP contribution in [-0.2, 0) is 29.3 Å². The van der Waals surface area contributed by atoms with Crippen LogP contribution >= 0.6 is 11.6 Å². The Bertz CT molecular complexity index is 955. The Kier molecular flexibility index (Phi) is 7.28. The number of benzene rings is 1. The molecule has 0 bridgehead atoms. The van der Waals surface area contributed by atoms with Crippen LogP contribution in [0.25, 0.3) is 6.08 Å². The molecule has 176 valence electrons. The molecule has 0 N–H and O–H groups in total. The molecule has 1 aliphatic rings. The minimum atomic E-state index is -4.96. The number of rotatable bonds is 6. The van der Waals surface area contributed by atoms with Crippen molar-refractivity contribution in [1.82, 2.24) is 0 Å². The number of hydrogen-bond acceptors (Lipinski definition) is 8. The zero-order valence-electron chi connectivity index (χ0n) is 17.3. The first-order valence-electron chi connectivity index (χ1n) is 9.05. The lowest BCUT2D eigenvalue weighted by Gasteiger charge is -2.30. The van der Waals surface area contributed by atoms with Crippen LogP contribution in [0.3, 0.4) is 0 Å². The van der Waals surface area contributed by atoms with Crippen LogP contribution in [0, 0.1) is 10.1 Å². The molecule has 1 aromatic carbocycles. The van der Waals surface area contributed by atoms with Crippen LogP contribution in [0.2, 0.25) is 5.02 Å². The molecule has 0 saturated heterocycles. The summed E-state index contributed by atoms with van der Waals surface area (Å²) in [6.45, 7) is 5.37. The number of alkyl halides is 3. The molecule has 9 nitrogen and oxygen atoms in total. The van der Waals surface area contributed by atoms with E-state index < -0.39 is 53.2 Å². The van der Waals surface area contributed by atoms with Gasteiger partial charge in [0, 0.05) is 10.6 Å². The summed E-state index contributed by atoms with van der Waals surface area (Å²) in [6.07, 6.45) is -8.30. The number of ether oxygens (including phenoxy) is 3. The second-order valence-electron chi connectivity index (χ2n) is 7.74. The molecule has 0 fully saturated rings. The fourth-order valence-electron chi connectivity index (χ4n) is 2.72. The molecule has 1 aromatic rings. The van der Waals surface area contributed by atoms with Gasteiger partial charge in [-0.25, -0.2) is 9.59 Å². The number of hydrogen-bond donors (Lipinski definition) is 0. The summed E-state index contributed by atoms with van der Waals surface area (Å²) < 4.78 is 54.8. The van der Waals surface area contributed by atoms with Crippen LogP contribution < -0.4 is 4.74 Å². The number of esters is 2. The average molecular weight is 482 g/mol. The summed E-state index contributed by atoms with van der Waals surface area (Å²) in [5, 5.41) is 9.22. The zero-order chi connectivity index (χ0) is 24.4. The second-order valence-corrected chi connectivity index (χ2v) is 8.15. The fourth-order valence-corrected chi connectivity index (χ4v) is 3.17. The summed E-state index contributed by atoms with van der Waals surface area (Å²) in [5.74, 6) is -2.84. The Morgan fingerprint density at radius 2 is 1.88 bits per heavy atom. The maximum absolute atomic E-state index is 13.6. The molecule has 0 radical (unpaired) electrons. The van der Waals surface area contributed by atoms with E-state index in [0.29, 0.717) is 5.56 Å². The predicted molar refractivity (Wildman–Crippen MR) is 103 cm³/mol. The van der Waals surface area contributed by atoms with Crippen molar-refractivity contribution in [2.75, 3.05) is 6.79 Å². The third kappa shape index (κ3) is 6.02. The van der Waals surface area contributed by atoms with Gasteiger partial charge in [-0.2, -0.15) is 13.2 Å². The van der Waals surface area contributed by atoms with Crippen LogP contribution in [0.5, 0.6) is 5.75 Å². The quantitative estimate of drug-likeness (QED) is 0.259. The van der Waals surface area contributed by atoms with Gasteiger partial charge >= 0.3 is 18.1 Å². The first-order chi connectivity index (χ1) is 14.6. The molecule has 13 heteroatoms. The Labute approximate surface area is 185 Å². The fraction of sp³-hybridized carbons (Fsp3) is 0.474. The van der Waals surface area contributed by atoms with Gasteiger partial charge in [0.25, 0.3) is 5.09 Å². The van der Waals surface area contributed by atoms with E-state index in [1.807, 2.05) is 20.8 Å². The van der Waals surface area contributed by atoms with Gasteiger partial charge in [0.1, 0.15) is 5.75 Å². The van der Waals surface area contributed by atoms with Crippen molar-refractivity contribution in [3.05, 3.63) is 44.0 Å². The highest BCUT2D eigenvalue weighted by atomic mass is 35.5. The highest BCUT2D eigenvalue weighted by molar-refractivity contribution is 6.31. The van der Waals surface area contributed by atoms with Gasteiger partial charge in [0.05, 0.1) is 5.57 Å². The first-order valence-corrected chi connectivity index (χ1v) is 9.43. The molecular formula is C19H19ClF3NO8. The lowest BCUT2D eigenvalue weighted by molar-refractivity contribution is -0.764. The SMILES string of the molecule is CC(O[N+](=O)[O-])C(=O)OCOC(=O)C1=Cc2cc(Cl)c(C(C)(C)C)cc2O[C@@H]1C(F)(F)F. The van der Waals surface area contributed by atoms with E-state index in [1.54, 1.807) is 0 Å². The van der Waals surface area contributed by atoms with Gasteiger partial charge in [-0.1, -0.05) is 32.4 Å². The van der Waals surface area contributed by atoms with E-state index in [2.05, 4.69) is 14.3 Å². The normalized spacial score (nSPS) is 16.8. The number of nitrogens with zero attached hydrogens (tertiary/aromatic N) is 1. The number of carbonyl (C=O) groups excluding carboxylic acids is 2. The summed E-state index contributed by atoms with van der Waals surface area (Å²) in [4.78, 5) is 37.9. The molecule has 1 aliphatic heterocycles. The first kappa shape index (κ1) is 25.2. The van der Waals surface area contributed by atoms with Crippen molar-refractivity contribution in [3.8, 4) is 5.75 Å². The largest absolute Gasteiger partial charge is 0.475 e. The molecule has 2 rings (SSSR count). The Balaban J connectivity index is 2.24. The van der Waals surface area contributed by atoms with Crippen LogP contribution in [0.1, 0.15) is 38.8 Å². The number of carbonyl (C=O) groups is 2. The molecule has 0 saturated carbocycles. The zero-order valence-corrected chi connectivity index (χ0v) is 18.1. The molecule has 0 spiro atoms. The van der Waals surface area contributed by atoms with Gasteiger partial charge in [-0.3, -0.25) is 4.84 Å². The van der Waals surface area contributed by atoms with Gasteiger partial charge < -0.3 is 14.2 Å². The van der Waals surface area contributed by atoms with Crippen molar-refractivity contribution in [2.45, 2.75) is 51.5 Å². The minimum absolute atomic E-state index is 0.115. The van der Waals surface area contributed by atoms with Crippen molar-refractivity contribution < 1.29 is 46.9 Å². The molecular weight excluding hydrogens is 463 g/mol. The molecule has 1 heterocycles. The molecule has 2 atom stereocenters. The highest BCUT2D eigenvalue weighted by Crippen LogP contribution is 2.42. The van der Waals surface area contributed by atoms with E-state index in [-0.39, 0.29) is 16.3 Å². The maximum Gasteiger partial charge on any atom is 0.430 e. The van der Waals surface area contributed by atoms with E-state index in [1.165, 1.54) is 12.1 Å². The molecule has 0 aromatic heterocycles. The topological polar surface area (TPSA) is 114 Å². The molecule has 32 heavy (non-hydrogen) atoms. The van der Waals surface area contributed by atoms with Crippen molar-refractivity contribution in [1.29, 1.82) is 0 Å². The summed E-state index contributed by atoms with van der Waals surface area (Å²) in [7, 11) is 0. The highest BCUT2D eigenvalue weighted by Gasteiger charge is 2.49. The molecule has 0 amide bonds. The van der Waals surface area contributed by atoms with Crippen molar-refractivity contribution >= 4 is 29.6 Å². The van der Waals surface area contributed by atoms with Gasteiger partial charge in [0.15, 0.2) is 0 Å². The average Bonchev–Trinajstić information content (AvgIpc) is 2.64. The van der Waals surface area contributed by atoms with Crippen LogP contribution in [0.4, 0.5) is 13.2 Å². The van der Waals surface area contributed by atoms with Gasteiger partial charge in [0.2, 0.25) is 19.0 Å². The Morgan fingerprint density at radius 1 is 1.25 bits per heavy atom. The number of halogens is 4.